The van der Waals surface area contributed by atoms with Crippen molar-refractivity contribution in [2.75, 3.05) is 6.61 Å². The predicted octanol–water partition coefficient (Wildman–Crippen LogP) is 2.83. The van der Waals surface area contributed by atoms with Crippen LogP contribution >= 0.6 is 22.7 Å². The van der Waals surface area contributed by atoms with Gasteiger partial charge in [-0.15, -0.1) is 22.7 Å². The van der Waals surface area contributed by atoms with Gasteiger partial charge in [0.15, 0.2) is 0 Å². The van der Waals surface area contributed by atoms with Crippen molar-refractivity contribution in [3.05, 3.63) is 38.0 Å². The largest absolute Gasteiger partial charge is 0.449 e. The number of thiophene rings is 1. The normalized spacial score (nSPS) is 10.6. The lowest BCUT2D eigenvalue weighted by Gasteiger charge is -2.02. The van der Waals surface area contributed by atoms with E-state index in [2.05, 4.69) is 21.8 Å². The van der Waals surface area contributed by atoms with Crippen LogP contribution in [0.4, 0.5) is 4.79 Å². The van der Waals surface area contributed by atoms with Crippen molar-refractivity contribution in [1.82, 2.24) is 10.4 Å². The predicted molar refractivity (Wildman–Crippen MR) is 85.6 cm³/mol. The number of amides is 1. The lowest BCUT2D eigenvalue weighted by atomic mass is 10.1. The summed E-state index contributed by atoms with van der Waals surface area (Å²) in [6, 6.07) is 2.23. The summed E-state index contributed by atoms with van der Waals surface area (Å²) in [5, 5.41) is 5.42. The van der Waals surface area contributed by atoms with Crippen LogP contribution in [-0.2, 0) is 24.0 Å². The number of carbonyl (C=O) groups is 1. The van der Waals surface area contributed by atoms with E-state index in [0.717, 1.165) is 30.7 Å². The van der Waals surface area contributed by atoms with Crippen molar-refractivity contribution in [1.29, 1.82) is 0 Å². The fourth-order valence-corrected chi connectivity index (χ4v) is 3.52. The Bertz CT molecular complexity index is 580. The third kappa shape index (κ3) is 5.45. The molecule has 2 heterocycles. The molecule has 0 aromatic carbocycles. The highest BCUT2D eigenvalue weighted by atomic mass is 32.1. The van der Waals surface area contributed by atoms with Crippen molar-refractivity contribution in [3.8, 4) is 0 Å². The average Bonchev–Trinajstić information content (AvgIpc) is 3.10. The average molecular weight is 325 g/mol. The molecule has 2 aromatic rings. The SMILES string of the molecule is Cc1nc(CCc2cc(CCCOC(=O)NN)cs2)cs1. The number of ether oxygens (including phenoxy) is 1. The van der Waals surface area contributed by atoms with Crippen molar-refractivity contribution < 1.29 is 9.53 Å². The molecule has 2 aromatic heterocycles. The summed E-state index contributed by atoms with van der Waals surface area (Å²) in [6.07, 6.45) is 3.14. The van der Waals surface area contributed by atoms with Gasteiger partial charge >= 0.3 is 6.09 Å². The lowest BCUT2D eigenvalue weighted by Crippen LogP contribution is -2.30. The van der Waals surface area contributed by atoms with Gasteiger partial charge in [-0.1, -0.05) is 0 Å². The van der Waals surface area contributed by atoms with Crippen LogP contribution in [0, 0.1) is 6.92 Å². The zero-order chi connectivity index (χ0) is 15.1. The first-order chi connectivity index (χ1) is 10.2. The van der Waals surface area contributed by atoms with E-state index < -0.39 is 6.09 Å². The molecule has 0 aliphatic carbocycles. The summed E-state index contributed by atoms with van der Waals surface area (Å²) >= 11 is 3.48. The van der Waals surface area contributed by atoms with E-state index in [4.69, 9.17) is 10.6 Å². The van der Waals surface area contributed by atoms with Crippen LogP contribution in [0.25, 0.3) is 0 Å². The Labute approximate surface area is 132 Å². The van der Waals surface area contributed by atoms with Gasteiger partial charge in [-0.25, -0.2) is 15.6 Å². The molecule has 0 aliphatic heterocycles. The molecule has 0 saturated carbocycles. The number of hydrazine groups is 1. The third-order valence-corrected chi connectivity index (χ3v) is 4.83. The molecule has 0 atom stereocenters. The zero-order valence-electron chi connectivity index (χ0n) is 11.9. The number of carbonyl (C=O) groups excluding carboxylic acids is 1. The Hall–Kier alpha value is -1.44. The van der Waals surface area contributed by atoms with E-state index >= 15 is 0 Å². The summed E-state index contributed by atoms with van der Waals surface area (Å²) in [5.41, 5.74) is 4.41. The van der Waals surface area contributed by atoms with Gasteiger partial charge in [0.2, 0.25) is 0 Å². The molecule has 0 fully saturated rings. The number of aromatic nitrogens is 1. The molecule has 114 valence electrons. The number of nitrogens with one attached hydrogen (secondary N) is 1. The minimum Gasteiger partial charge on any atom is -0.449 e. The Balaban J connectivity index is 1.70. The fraction of sp³-hybridized carbons (Fsp3) is 0.429. The Kier molecular flexibility index (Phi) is 6.16. The highest BCUT2D eigenvalue weighted by Crippen LogP contribution is 2.19. The molecular formula is C14H19N3O2S2. The topological polar surface area (TPSA) is 77.2 Å². The molecule has 0 radical (unpaired) electrons. The van der Waals surface area contributed by atoms with E-state index in [-0.39, 0.29) is 0 Å². The smallest absolute Gasteiger partial charge is 0.421 e. The maximum Gasteiger partial charge on any atom is 0.421 e. The molecule has 5 nitrogen and oxygen atoms in total. The van der Waals surface area contributed by atoms with Gasteiger partial charge in [0, 0.05) is 10.3 Å². The first kappa shape index (κ1) is 15.9. The number of aryl methyl sites for hydroxylation is 4. The summed E-state index contributed by atoms with van der Waals surface area (Å²) in [4.78, 5) is 16.6. The molecule has 3 N–H and O–H groups in total. The monoisotopic (exact) mass is 325 g/mol. The Morgan fingerprint density at radius 2 is 2.19 bits per heavy atom. The van der Waals surface area contributed by atoms with E-state index in [0.29, 0.717) is 6.61 Å². The van der Waals surface area contributed by atoms with Crippen LogP contribution in [0.15, 0.2) is 16.8 Å². The minimum atomic E-state index is -0.584. The number of hydrogen-bond donors (Lipinski definition) is 2. The number of thiazole rings is 1. The van der Waals surface area contributed by atoms with Crippen molar-refractivity contribution >= 4 is 28.8 Å². The van der Waals surface area contributed by atoms with Crippen molar-refractivity contribution in [2.45, 2.75) is 32.6 Å². The zero-order valence-corrected chi connectivity index (χ0v) is 13.6. The Morgan fingerprint density at radius 3 is 2.90 bits per heavy atom. The molecule has 21 heavy (non-hydrogen) atoms. The number of nitrogens with zero attached hydrogens (tertiary/aromatic N) is 1. The molecule has 0 saturated heterocycles. The van der Waals surface area contributed by atoms with E-state index in [9.17, 15) is 4.79 Å². The maximum absolute atomic E-state index is 10.8. The minimum absolute atomic E-state index is 0.381. The maximum atomic E-state index is 10.8. The van der Waals surface area contributed by atoms with Crippen LogP contribution in [0.2, 0.25) is 0 Å². The van der Waals surface area contributed by atoms with Gasteiger partial charge in [-0.2, -0.15) is 0 Å². The summed E-state index contributed by atoms with van der Waals surface area (Å²) in [7, 11) is 0. The van der Waals surface area contributed by atoms with Gasteiger partial charge in [0.05, 0.1) is 17.3 Å². The van der Waals surface area contributed by atoms with Crippen molar-refractivity contribution in [2.24, 2.45) is 5.84 Å². The van der Waals surface area contributed by atoms with E-state index in [1.165, 1.54) is 16.1 Å². The molecule has 0 unspecified atom stereocenters. The molecule has 0 spiro atoms. The van der Waals surface area contributed by atoms with Crippen LogP contribution in [0.5, 0.6) is 0 Å². The van der Waals surface area contributed by atoms with Crippen LogP contribution in [0.3, 0.4) is 0 Å². The molecule has 7 heteroatoms. The summed E-state index contributed by atoms with van der Waals surface area (Å²) in [6.45, 7) is 2.41. The Morgan fingerprint density at radius 1 is 1.33 bits per heavy atom. The van der Waals surface area contributed by atoms with Crippen LogP contribution < -0.4 is 11.3 Å². The highest BCUT2D eigenvalue weighted by Gasteiger charge is 2.04. The molecule has 0 bridgehead atoms. The quantitative estimate of drug-likeness (QED) is 0.355. The second kappa shape index (κ2) is 8.11. The molecular weight excluding hydrogens is 306 g/mol. The van der Waals surface area contributed by atoms with Gasteiger partial charge in [-0.3, -0.25) is 5.43 Å². The number of rotatable bonds is 7. The standard InChI is InChI=1S/C14H19N3O2S2/c1-10-16-12(9-20-10)4-5-13-7-11(8-21-13)3-2-6-19-14(18)17-15/h7-9H,2-6,15H2,1H3,(H,17,18). The number of hydrogen-bond acceptors (Lipinski definition) is 6. The van der Waals surface area contributed by atoms with Gasteiger partial charge < -0.3 is 4.74 Å². The first-order valence-corrected chi connectivity index (χ1v) is 8.54. The summed E-state index contributed by atoms with van der Waals surface area (Å²) in [5.74, 6) is 4.92. The van der Waals surface area contributed by atoms with Gasteiger partial charge in [0.25, 0.3) is 0 Å². The summed E-state index contributed by atoms with van der Waals surface area (Å²) < 4.78 is 4.85. The van der Waals surface area contributed by atoms with Crippen molar-refractivity contribution in [3.63, 3.8) is 0 Å². The van der Waals surface area contributed by atoms with Gasteiger partial charge in [-0.05, 0) is 49.6 Å². The fourth-order valence-electron chi connectivity index (χ4n) is 1.95. The second-order valence-electron chi connectivity index (χ2n) is 4.66. The van der Waals surface area contributed by atoms with Crippen LogP contribution in [0.1, 0.15) is 27.6 Å². The molecule has 2 rings (SSSR count). The molecule has 0 aliphatic rings. The number of nitrogens with two attached hydrogens (primary N) is 1. The van der Waals surface area contributed by atoms with Gasteiger partial charge in [0.1, 0.15) is 0 Å². The third-order valence-electron chi connectivity index (χ3n) is 2.96. The van der Waals surface area contributed by atoms with E-state index in [1.807, 2.05) is 12.3 Å². The van der Waals surface area contributed by atoms with Crippen LogP contribution in [-0.4, -0.2) is 17.7 Å². The lowest BCUT2D eigenvalue weighted by molar-refractivity contribution is 0.145. The first-order valence-electron chi connectivity index (χ1n) is 6.78. The molecule has 1 amide bonds. The second-order valence-corrected chi connectivity index (χ2v) is 6.72. The highest BCUT2D eigenvalue weighted by molar-refractivity contribution is 7.10. The van der Waals surface area contributed by atoms with E-state index in [1.54, 1.807) is 22.7 Å².